The van der Waals surface area contributed by atoms with Crippen LogP contribution in [0.2, 0.25) is 0 Å². The Balaban J connectivity index is 0. The minimum atomic E-state index is -1.43. The topological polar surface area (TPSA) is 113 Å². The molecule has 0 saturated carbocycles. The molecule has 1 amide bonds. The van der Waals surface area contributed by atoms with E-state index in [1.165, 1.54) is 13.8 Å². The van der Waals surface area contributed by atoms with Crippen LogP contribution in [0.15, 0.2) is 0 Å². The monoisotopic (exact) mass is 257 g/mol. The predicted molar refractivity (Wildman–Crippen MR) is 53.0 cm³/mol. The van der Waals surface area contributed by atoms with Gasteiger partial charge in [-0.15, -0.1) is 6.61 Å². The van der Waals surface area contributed by atoms with Crippen molar-refractivity contribution in [2.45, 2.75) is 26.4 Å². The van der Waals surface area contributed by atoms with Crippen molar-refractivity contribution < 1.29 is 24.9 Å². The van der Waals surface area contributed by atoms with Gasteiger partial charge in [-0.2, -0.15) is 0 Å². The zero-order valence-electron chi connectivity index (χ0n) is 9.49. The Labute approximate surface area is 124 Å². The summed E-state index contributed by atoms with van der Waals surface area (Å²) in [6.45, 7) is 2.21. The Hall–Kier alpha value is 0.120. The smallest absolute Gasteiger partial charge is 0.854 e. The summed E-state index contributed by atoms with van der Waals surface area (Å²) in [6, 6.07) is 0. The second kappa shape index (κ2) is 8.25. The van der Waals surface area contributed by atoms with Crippen molar-refractivity contribution in [1.82, 2.24) is 5.32 Å². The third kappa shape index (κ3) is 6.65. The number of aliphatic carboxylic acids is 1. The van der Waals surface area contributed by atoms with E-state index >= 15 is 0 Å². The van der Waals surface area contributed by atoms with Gasteiger partial charge in [0, 0.05) is 18.9 Å². The molecule has 0 spiro atoms. The number of rotatable bonds is 6. The van der Waals surface area contributed by atoms with Crippen molar-refractivity contribution in [3.8, 4) is 0 Å². The van der Waals surface area contributed by atoms with Gasteiger partial charge in [-0.3, -0.25) is 4.79 Å². The van der Waals surface area contributed by atoms with Gasteiger partial charge in [0.2, 0.25) is 5.91 Å². The van der Waals surface area contributed by atoms with Gasteiger partial charge >= 0.3 is 37.7 Å². The maximum absolute atomic E-state index is 11.2. The summed E-state index contributed by atoms with van der Waals surface area (Å²) in [6.07, 6.45) is -1.76. The Morgan fingerprint density at radius 3 is 2.31 bits per heavy atom. The third-order valence-corrected chi connectivity index (χ3v) is 1.99. The van der Waals surface area contributed by atoms with Crippen LogP contribution in [-0.2, 0) is 9.59 Å². The number of carboxylic acids is 1. The molecular formula is C9H15CaNO5. The van der Waals surface area contributed by atoms with E-state index in [2.05, 4.69) is 5.32 Å². The fourth-order valence-corrected chi connectivity index (χ4v) is 0.818. The zero-order valence-corrected chi connectivity index (χ0v) is 11.7. The summed E-state index contributed by atoms with van der Waals surface area (Å²) in [5.74, 6) is -2.02. The molecule has 1 atom stereocenters. The number of carbonyl (C=O) groups is 2. The van der Waals surface area contributed by atoms with Gasteiger partial charge in [0.25, 0.3) is 0 Å². The normalized spacial score (nSPS) is 12.5. The van der Waals surface area contributed by atoms with E-state index < -0.39 is 30.0 Å². The van der Waals surface area contributed by atoms with Crippen LogP contribution in [0.5, 0.6) is 0 Å². The molecule has 0 aliphatic carbocycles. The SMILES string of the molecule is CC(C)(C[O-])[C@@H](O)C(=O)NCCC(=O)[O-].[Ca+2]. The van der Waals surface area contributed by atoms with Gasteiger partial charge in [0.15, 0.2) is 0 Å². The number of carbonyl (C=O) groups excluding carboxylic acids is 2. The standard InChI is InChI=1S/C9H16NO5.Ca/c1-9(2,5-11)7(14)8(15)10-4-3-6(12)13;/h7,14H,3-5H2,1-2H3,(H,10,15)(H,12,13);/q-1;+2/p-1/t7-;/m0./s1. The van der Waals surface area contributed by atoms with E-state index in [4.69, 9.17) is 0 Å². The number of aliphatic hydroxyl groups excluding tert-OH is 1. The fraction of sp³-hybridized carbons (Fsp3) is 0.778. The first kappa shape index (κ1) is 18.5. The summed E-state index contributed by atoms with van der Waals surface area (Å²) < 4.78 is 0. The van der Waals surface area contributed by atoms with Gasteiger partial charge in [0.05, 0.1) is 0 Å². The molecule has 88 valence electrons. The molecule has 0 aromatic rings. The number of aliphatic hydroxyl groups is 1. The molecule has 0 rings (SSSR count). The first-order valence-electron chi connectivity index (χ1n) is 4.55. The van der Waals surface area contributed by atoms with Crippen molar-refractivity contribution in [1.29, 1.82) is 0 Å². The second-order valence-corrected chi connectivity index (χ2v) is 3.95. The molecule has 0 radical (unpaired) electrons. The number of carboxylic acid groups (broad SMARTS) is 1. The van der Waals surface area contributed by atoms with Crippen LogP contribution in [0.25, 0.3) is 0 Å². The average Bonchev–Trinajstić information content (AvgIpc) is 2.15. The van der Waals surface area contributed by atoms with Gasteiger partial charge in [-0.05, 0) is 5.41 Å². The summed E-state index contributed by atoms with van der Waals surface area (Å²) >= 11 is 0. The van der Waals surface area contributed by atoms with Crippen molar-refractivity contribution in [3.63, 3.8) is 0 Å². The average molecular weight is 257 g/mol. The van der Waals surface area contributed by atoms with Gasteiger partial charge in [-0.1, -0.05) is 13.8 Å². The molecule has 0 unspecified atom stereocenters. The number of amides is 1. The Morgan fingerprint density at radius 1 is 1.44 bits per heavy atom. The van der Waals surface area contributed by atoms with Crippen LogP contribution < -0.4 is 15.5 Å². The van der Waals surface area contributed by atoms with Crippen LogP contribution in [0.3, 0.4) is 0 Å². The van der Waals surface area contributed by atoms with E-state index in [-0.39, 0.29) is 50.7 Å². The second-order valence-electron chi connectivity index (χ2n) is 3.95. The fourth-order valence-electron chi connectivity index (χ4n) is 0.818. The van der Waals surface area contributed by atoms with Crippen LogP contribution in [0.4, 0.5) is 0 Å². The van der Waals surface area contributed by atoms with E-state index in [0.717, 1.165) is 0 Å². The predicted octanol–water partition coefficient (Wildman–Crippen LogP) is -3.39. The molecule has 2 N–H and O–H groups in total. The molecule has 0 saturated heterocycles. The minimum Gasteiger partial charge on any atom is -0.854 e. The van der Waals surface area contributed by atoms with E-state index in [9.17, 15) is 24.9 Å². The molecule has 7 heteroatoms. The number of hydrogen-bond donors (Lipinski definition) is 2. The van der Waals surface area contributed by atoms with Crippen LogP contribution in [0.1, 0.15) is 20.3 Å². The van der Waals surface area contributed by atoms with Gasteiger partial charge in [0.1, 0.15) is 6.10 Å². The molecule has 0 aliphatic heterocycles. The zero-order chi connectivity index (χ0) is 12.1. The maximum atomic E-state index is 11.2. The van der Waals surface area contributed by atoms with Crippen molar-refractivity contribution in [3.05, 3.63) is 0 Å². The Kier molecular flexibility index (Phi) is 9.53. The molecule has 0 fully saturated rings. The summed E-state index contributed by atoms with van der Waals surface area (Å²) in [5, 5.41) is 32.3. The van der Waals surface area contributed by atoms with E-state index in [1.54, 1.807) is 0 Å². The minimum absolute atomic E-state index is 0. The van der Waals surface area contributed by atoms with Gasteiger partial charge in [-0.25, -0.2) is 0 Å². The maximum Gasteiger partial charge on any atom is 2.00 e. The van der Waals surface area contributed by atoms with E-state index in [1.807, 2.05) is 0 Å². The van der Waals surface area contributed by atoms with E-state index in [0.29, 0.717) is 0 Å². The molecule has 6 nitrogen and oxygen atoms in total. The molecule has 0 heterocycles. The number of nitrogens with one attached hydrogen (secondary N) is 1. The van der Waals surface area contributed by atoms with Gasteiger partial charge < -0.3 is 25.4 Å². The van der Waals surface area contributed by atoms with Crippen molar-refractivity contribution in [2.75, 3.05) is 13.2 Å². The van der Waals surface area contributed by atoms with Crippen molar-refractivity contribution >= 4 is 49.6 Å². The quantitative estimate of drug-likeness (QED) is 0.482. The summed E-state index contributed by atoms with van der Waals surface area (Å²) in [4.78, 5) is 21.2. The number of hydrogen-bond acceptors (Lipinski definition) is 5. The summed E-state index contributed by atoms with van der Waals surface area (Å²) in [7, 11) is 0. The first-order valence-corrected chi connectivity index (χ1v) is 4.55. The molecule has 0 aromatic heterocycles. The third-order valence-electron chi connectivity index (χ3n) is 1.99. The Bertz CT molecular complexity index is 244. The molecule has 16 heavy (non-hydrogen) atoms. The largest absolute Gasteiger partial charge is 2.00 e. The van der Waals surface area contributed by atoms with Crippen LogP contribution >= 0.6 is 0 Å². The summed E-state index contributed by atoms with van der Waals surface area (Å²) in [5.41, 5.74) is -1.06. The molecular weight excluding hydrogens is 242 g/mol. The van der Waals surface area contributed by atoms with Crippen LogP contribution in [0, 0.1) is 5.41 Å². The first-order chi connectivity index (χ1) is 6.81. The molecule has 0 aliphatic rings. The molecule has 0 bridgehead atoms. The Morgan fingerprint density at radius 2 is 1.94 bits per heavy atom. The van der Waals surface area contributed by atoms with Crippen LogP contribution in [-0.4, -0.2) is 74.0 Å². The van der Waals surface area contributed by atoms with Crippen molar-refractivity contribution in [2.24, 2.45) is 5.41 Å². The molecule has 0 aromatic carbocycles.